The fourth-order valence-corrected chi connectivity index (χ4v) is 10.5. The molecule has 0 saturated heterocycles. The molecule has 0 aliphatic heterocycles. The summed E-state index contributed by atoms with van der Waals surface area (Å²) in [5.41, 5.74) is 16.7. The molecule has 0 N–H and O–H groups in total. The van der Waals surface area contributed by atoms with Crippen LogP contribution in [0.2, 0.25) is 0 Å². The molecule has 13 rings (SSSR count). The van der Waals surface area contributed by atoms with Crippen molar-refractivity contribution in [2.45, 2.75) is 19.3 Å². The van der Waals surface area contributed by atoms with Gasteiger partial charge < -0.3 is 13.7 Å². The Hall–Kier alpha value is -7.88. The number of fused-ring (bicyclic) bond motifs is 13. The molecule has 0 fully saturated rings. The van der Waals surface area contributed by atoms with Crippen molar-refractivity contribution in [1.82, 2.24) is 0 Å². The van der Waals surface area contributed by atoms with E-state index in [1.807, 2.05) is 0 Å². The standard InChI is InChI=1S/C59H39NO2/c1-59(2)50-20-8-7-16-48(50)54-42(17-9-21-51(54)59)38-24-30-40(31-25-38)60(52-22-10-19-46-47-34-28-36-12-3-5-14-44(36)56(47)62-58(46)52)41-32-26-39(27-33-41)43-18-11-23-53-55(43)49-35-29-37-13-4-6-15-45(37)57(49)61-53/h3-35H,1-2H3. The molecule has 12 aromatic rings. The first-order valence-corrected chi connectivity index (χ1v) is 21.4. The minimum atomic E-state index is -0.0634. The van der Waals surface area contributed by atoms with Gasteiger partial charge in [-0.25, -0.2) is 0 Å². The van der Waals surface area contributed by atoms with Crippen LogP contribution in [0, 0.1) is 0 Å². The van der Waals surface area contributed by atoms with Gasteiger partial charge in [0, 0.05) is 49.1 Å². The SMILES string of the molecule is CC1(C)c2ccccc2-c2c(-c3ccc(N(c4ccc(-c5cccc6oc7c8ccccc8ccc7c56)cc4)c4cccc5c4oc4c6ccccc6ccc54)cc3)cccc21. The minimum Gasteiger partial charge on any atom is -0.455 e. The van der Waals surface area contributed by atoms with E-state index in [0.29, 0.717) is 0 Å². The average molecular weight is 794 g/mol. The normalized spacial score (nSPS) is 13.1. The van der Waals surface area contributed by atoms with Gasteiger partial charge in [-0.3, -0.25) is 0 Å². The van der Waals surface area contributed by atoms with E-state index in [1.165, 1.54) is 38.8 Å². The van der Waals surface area contributed by atoms with Gasteiger partial charge in [0.2, 0.25) is 0 Å². The molecule has 2 heterocycles. The lowest BCUT2D eigenvalue weighted by molar-refractivity contribution is 0.660. The Morgan fingerprint density at radius 3 is 1.65 bits per heavy atom. The van der Waals surface area contributed by atoms with Gasteiger partial charge in [0.25, 0.3) is 0 Å². The summed E-state index contributed by atoms with van der Waals surface area (Å²) >= 11 is 0. The number of hydrogen-bond acceptors (Lipinski definition) is 3. The lowest BCUT2D eigenvalue weighted by Crippen LogP contribution is -2.14. The fourth-order valence-electron chi connectivity index (χ4n) is 10.5. The molecule has 10 aromatic carbocycles. The Morgan fingerprint density at radius 1 is 0.371 bits per heavy atom. The van der Waals surface area contributed by atoms with E-state index >= 15 is 0 Å². The van der Waals surface area contributed by atoms with Crippen molar-refractivity contribution < 1.29 is 8.83 Å². The Labute approximate surface area is 358 Å². The molecule has 0 saturated carbocycles. The van der Waals surface area contributed by atoms with E-state index in [0.717, 1.165) is 88.2 Å². The number of rotatable bonds is 5. The van der Waals surface area contributed by atoms with Gasteiger partial charge in [-0.2, -0.15) is 0 Å². The number of benzene rings is 10. The van der Waals surface area contributed by atoms with Gasteiger partial charge in [-0.1, -0.05) is 166 Å². The predicted octanol–water partition coefficient (Wildman–Crippen LogP) is 16.9. The van der Waals surface area contributed by atoms with Crippen molar-refractivity contribution in [2.24, 2.45) is 0 Å². The molecule has 0 radical (unpaired) electrons. The Balaban J connectivity index is 0.976. The van der Waals surface area contributed by atoms with E-state index in [4.69, 9.17) is 8.83 Å². The summed E-state index contributed by atoms with van der Waals surface area (Å²) in [5, 5.41) is 9.03. The molecule has 62 heavy (non-hydrogen) atoms. The summed E-state index contributed by atoms with van der Waals surface area (Å²) in [6, 6.07) is 72.3. The second-order valence-corrected chi connectivity index (χ2v) is 17.2. The first-order valence-electron chi connectivity index (χ1n) is 21.4. The Morgan fingerprint density at radius 2 is 0.903 bits per heavy atom. The van der Waals surface area contributed by atoms with Gasteiger partial charge in [0.15, 0.2) is 5.58 Å². The fraction of sp³-hybridized carbons (Fsp3) is 0.0508. The van der Waals surface area contributed by atoms with Crippen LogP contribution in [-0.4, -0.2) is 0 Å². The monoisotopic (exact) mass is 793 g/mol. The van der Waals surface area contributed by atoms with Crippen LogP contribution in [0.15, 0.2) is 209 Å². The Kier molecular flexibility index (Phi) is 7.36. The maximum atomic E-state index is 6.97. The molecule has 0 amide bonds. The molecule has 1 aliphatic carbocycles. The van der Waals surface area contributed by atoms with Crippen LogP contribution in [0.25, 0.3) is 98.8 Å². The van der Waals surface area contributed by atoms with Crippen LogP contribution < -0.4 is 4.90 Å². The van der Waals surface area contributed by atoms with Crippen molar-refractivity contribution >= 4 is 82.5 Å². The highest BCUT2D eigenvalue weighted by Gasteiger charge is 2.36. The summed E-state index contributed by atoms with van der Waals surface area (Å²) in [7, 11) is 0. The zero-order chi connectivity index (χ0) is 41.1. The van der Waals surface area contributed by atoms with Crippen molar-refractivity contribution in [2.75, 3.05) is 4.90 Å². The van der Waals surface area contributed by atoms with Gasteiger partial charge in [0.1, 0.15) is 16.7 Å². The number of nitrogens with zero attached hydrogens (tertiary/aromatic N) is 1. The molecule has 0 unspecified atom stereocenters. The molecule has 1 aliphatic rings. The highest BCUT2D eigenvalue weighted by atomic mass is 16.3. The van der Waals surface area contributed by atoms with E-state index in [2.05, 4.69) is 219 Å². The van der Waals surface area contributed by atoms with Gasteiger partial charge in [-0.15, -0.1) is 0 Å². The van der Waals surface area contributed by atoms with Crippen molar-refractivity contribution in [3.8, 4) is 33.4 Å². The average Bonchev–Trinajstić information content (AvgIpc) is 3.98. The van der Waals surface area contributed by atoms with E-state index < -0.39 is 0 Å². The van der Waals surface area contributed by atoms with Crippen LogP contribution in [0.4, 0.5) is 17.1 Å². The molecule has 2 aromatic heterocycles. The van der Waals surface area contributed by atoms with Crippen LogP contribution in [0.1, 0.15) is 25.0 Å². The minimum absolute atomic E-state index is 0.0634. The molecule has 0 spiro atoms. The van der Waals surface area contributed by atoms with Gasteiger partial charge in [0.05, 0.1) is 5.69 Å². The third-order valence-corrected chi connectivity index (χ3v) is 13.5. The van der Waals surface area contributed by atoms with Crippen molar-refractivity contribution in [1.29, 1.82) is 0 Å². The largest absolute Gasteiger partial charge is 0.455 e. The maximum Gasteiger partial charge on any atom is 0.159 e. The van der Waals surface area contributed by atoms with E-state index in [1.54, 1.807) is 0 Å². The number of anilines is 3. The molecule has 3 nitrogen and oxygen atoms in total. The van der Waals surface area contributed by atoms with Gasteiger partial charge >= 0.3 is 0 Å². The number of furan rings is 2. The van der Waals surface area contributed by atoms with E-state index in [9.17, 15) is 0 Å². The summed E-state index contributed by atoms with van der Waals surface area (Å²) in [5.74, 6) is 0. The second kappa shape index (κ2) is 13.1. The zero-order valence-electron chi connectivity index (χ0n) is 34.3. The highest BCUT2D eigenvalue weighted by molar-refractivity contribution is 6.20. The summed E-state index contributed by atoms with van der Waals surface area (Å²) in [4.78, 5) is 2.34. The summed E-state index contributed by atoms with van der Waals surface area (Å²) < 4.78 is 13.5. The van der Waals surface area contributed by atoms with Crippen LogP contribution in [0.5, 0.6) is 0 Å². The summed E-state index contributed by atoms with van der Waals surface area (Å²) in [6.45, 7) is 4.68. The molecule has 3 heteroatoms. The van der Waals surface area contributed by atoms with Crippen molar-refractivity contribution in [3.63, 3.8) is 0 Å². The summed E-state index contributed by atoms with van der Waals surface area (Å²) in [6.07, 6.45) is 0. The first-order chi connectivity index (χ1) is 30.5. The third kappa shape index (κ3) is 5.00. The Bertz CT molecular complexity index is 3770. The van der Waals surface area contributed by atoms with Crippen molar-refractivity contribution in [3.05, 3.63) is 211 Å². The molecule has 0 bridgehead atoms. The highest BCUT2D eigenvalue weighted by Crippen LogP contribution is 2.52. The van der Waals surface area contributed by atoms with Crippen LogP contribution in [0.3, 0.4) is 0 Å². The molecular formula is C59H39NO2. The maximum absolute atomic E-state index is 6.97. The van der Waals surface area contributed by atoms with Crippen LogP contribution in [-0.2, 0) is 5.41 Å². The predicted molar refractivity (Wildman–Crippen MR) is 259 cm³/mol. The zero-order valence-corrected chi connectivity index (χ0v) is 34.3. The topological polar surface area (TPSA) is 29.5 Å². The number of para-hydroxylation sites is 1. The molecule has 292 valence electrons. The smallest absolute Gasteiger partial charge is 0.159 e. The number of hydrogen-bond donors (Lipinski definition) is 0. The second-order valence-electron chi connectivity index (χ2n) is 17.2. The van der Waals surface area contributed by atoms with Gasteiger partial charge in [-0.05, 0) is 104 Å². The first kappa shape index (κ1) is 34.9. The van der Waals surface area contributed by atoms with E-state index in [-0.39, 0.29) is 5.41 Å². The molecular weight excluding hydrogens is 755 g/mol. The van der Waals surface area contributed by atoms with Crippen LogP contribution >= 0.6 is 0 Å². The lowest BCUT2D eigenvalue weighted by atomic mass is 9.82. The molecule has 0 atom stereocenters. The lowest BCUT2D eigenvalue weighted by Gasteiger charge is -2.26. The quantitative estimate of drug-likeness (QED) is 0.174. The third-order valence-electron chi connectivity index (χ3n) is 13.5.